The summed E-state index contributed by atoms with van der Waals surface area (Å²) in [5.74, 6) is 8.06. The van der Waals surface area contributed by atoms with Crippen LogP contribution in [0.5, 0.6) is 0 Å². The zero-order valence-electron chi connectivity index (χ0n) is 23.9. The van der Waals surface area contributed by atoms with E-state index in [1.165, 1.54) is 12.4 Å². The van der Waals surface area contributed by atoms with E-state index in [0.29, 0.717) is 75.0 Å². The van der Waals surface area contributed by atoms with Crippen LogP contribution in [0, 0.1) is 11.8 Å². The van der Waals surface area contributed by atoms with E-state index in [2.05, 4.69) is 56.4 Å². The first-order valence-corrected chi connectivity index (χ1v) is 15.8. The lowest BCUT2D eigenvalue weighted by molar-refractivity contribution is -0.135. The van der Waals surface area contributed by atoms with Crippen LogP contribution in [0.2, 0.25) is 0 Å². The second-order valence-corrected chi connectivity index (χ2v) is 12.7. The van der Waals surface area contributed by atoms with Crippen LogP contribution in [-0.4, -0.2) is 81.0 Å². The largest absolute Gasteiger partial charge is 0.382 e. The van der Waals surface area contributed by atoms with E-state index < -0.39 is 10.0 Å². The molecule has 2 fully saturated rings. The standard InChI is InChI=1S/C29H36N8O4S/c1-21(2)33-25-17-27(31-18-22(25)7-5-3-4-6-8-28(38)36-13-15-41-16-14-36)34-26-11-12-30-29(35-26)23-19-32-37(20-23)42(39,40)24-9-10-24/h11-12,17-21,24H,3-4,6,8-10,13-16H2,1-2H3,(H2,30,31,33,34,35). The first-order valence-electron chi connectivity index (χ1n) is 14.3. The zero-order chi connectivity index (χ0) is 29.5. The second-order valence-electron chi connectivity index (χ2n) is 10.7. The molecule has 2 aliphatic rings. The van der Waals surface area contributed by atoms with Gasteiger partial charge >= 0.3 is 0 Å². The number of nitrogens with one attached hydrogen (secondary N) is 2. The van der Waals surface area contributed by atoms with Crippen molar-refractivity contribution in [1.82, 2.24) is 29.0 Å². The second kappa shape index (κ2) is 13.3. The highest BCUT2D eigenvalue weighted by atomic mass is 32.2. The van der Waals surface area contributed by atoms with Crippen molar-refractivity contribution in [2.24, 2.45) is 0 Å². The summed E-state index contributed by atoms with van der Waals surface area (Å²) in [5, 5.41) is 10.3. The lowest BCUT2D eigenvalue weighted by atomic mass is 10.1. The molecule has 0 radical (unpaired) electrons. The molecule has 1 saturated heterocycles. The number of carbonyl (C=O) groups excluding carboxylic acids is 1. The third-order valence-corrected chi connectivity index (χ3v) is 8.85. The fraction of sp³-hybridized carbons (Fsp3) is 0.483. The number of nitrogens with zero attached hydrogens (tertiary/aromatic N) is 6. The van der Waals surface area contributed by atoms with E-state index in [-0.39, 0.29) is 17.2 Å². The zero-order valence-corrected chi connectivity index (χ0v) is 24.7. The summed E-state index contributed by atoms with van der Waals surface area (Å²) in [6.07, 6.45) is 10.4. The minimum atomic E-state index is -3.46. The highest BCUT2D eigenvalue weighted by Crippen LogP contribution is 2.30. The predicted octanol–water partition coefficient (Wildman–Crippen LogP) is 3.41. The monoisotopic (exact) mass is 592 g/mol. The van der Waals surface area contributed by atoms with E-state index in [0.717, 1.165) is 28.2 Å². The van der Waals surface area contributed by atoms with Crippen molar-refractivity contribution in [1.29, 1.82) is 0 Å². The fourth-order valence-electron chi connectivity index (χ4n) is 4.45. The van der Waals surface area contributed by atoms with Crippen molar-refractivity contribution in [3.05, 3.63) is 42.5 Å². The number of hydrogen-bond acceptors (Lipinski definition) is 10. The molecule has 1 aliphatic carbocycles. The van der Waals surface area contributed by atoms with Crippen LogP contribution in [-0.2, 0) is 19.6 Å². The first kappa shape index (κ1) is 29.5. The molecule has 3 aromatic rings. The smallest absolute Gasteiger partial charge is 0.256 e. The molecule has 0 unspecified atom stereocenters. The van der Waals surface area contributed by atoms with Crippen LogP contribution in [0.3, 0.4) is 0 Å². The molecule has 12 nitrogen and oxygen atoms in total. The number of carbonyl (C=O) groups is 1. The number of unbranched alkanes of at least 4 members (excludes halogenated alkanes) is 2. The van der Waals surface area contributed by atoms with Crippen LogP contribution in [0.25, 0.3) is 11.4 Å². The Morgan fingerprint density at radius 2 is 1.95 bits per heavy atom. The molecule has 1 aliphatic heterocycles. The first-order chi connectivity index (χ1) is 20.3. The maximum absolute atomic E-state index is 12.5. The normalized spacial score (nSPS) is 15.3. The number of ether oxygens (including phenoxy) is 1. The van der Waals surface area contributed by atoms with Crippen LogP contribution >= 0.6 is 0 Å². The van der Waals surface area contributed by atoms with Crippen molar-refractivity contribution in [3.63, 3.8) is 0 Å². The topological polar surface area (TPSA) is 144 Å². The molecule has 0 atom stereocenters. The Bertz CT molecular complexity index is 1570. The van der Waals surface area contributed by atoms with Gasteiger partial charge in [0.25, 0.3) is 10.0 Å². The number of anilines is 3. The summed E-state index contributed by atoms with van der Waals surface area (Å²) < 4.78 is 31.3. The van der Waals surface area contributed by atoms with Crippen LogP contribution in [0.1, 0.15) is 57.9 Å². The van der Waals surface area contributed by atoms with Crippen LogP contribution in [0.15, 0.2) is 36.9 Å². The third kappa shape index (κ3) is 7.63. The Labute approximate surface area is 246 Å². The Balaban J connectivity index is 1.20. The molecule has 13 heteroatoms. The maximum atomic E-state index is 12.5. The summed E-state index contributed by atoms with van der Waals surface area (Å²) in [6, 6.07) is 3.78. The van der Waals surface area contributed by atoms with Crippen LogP contribution in [0.4, 0.5) is 17.3 Å². The maximum Gasteiger partial charge on any atom is 0.256 e. The number of morpholine rings is 1. The minimum Gasteiger partial charge on any atom is -0.382 e. The molecule has 5 rings (SSSR count). The van der Waals surface area contributed by atoms with Gasteiger partial charge in [0.15, 0.2) is 5.82 Å². The summed E-state index contributed by atoms with van der Waals surface area (Å²) >= 11 is 0. The molecule has 0 bridgehead atoms. The number of rotatable bonds is 11. The average Bonchev–Trinajstić information content (AvgIpc) is 3.73. The van der Waals surface area contributed by atoms with Gasteiger partial charge in [0.1, 0.15) is 11.6 Å². The van der Waals surface area contributed by atoms with Gasteiger partial charge < -0.3 is 20.3 Å². The quantitative estimate of drug-likeness (QED) is 0.251. The lowest BCUT2D eigenvalue weighted by Gasteiger charge is -2.26. The number of aromatic nitrogens is 5. The number of pyridine rings is 1. The Hall–Kier alpha value is -4.02. The molecule has 0 aromatic carbocycles. The van der Waals surface area contributed by atoms with Gasteiger partial charge in [0.05, 0.1) is 47.7 Å². The van der Waals surface area contributed by atoms with Crippen molar-refractivity contribution < 1.29 is 17.9 Å². The molecular formula is C29H36N8O4S. The van der Waals surface area contributed by atoms with Gasteiger partial charge in [-0.15, -0.1) is 0 Å². The third-order valence-electron chi connectivity index (χ3n) is 6.81. The van der Waals surface area contributed by atoms with Crippen molar-refractivity contribution >= 4 is 33.3 Å². The molecule has 42 heavy (non-hydrogen) atoms. The lowest BCUT2D eigenvalue weighted by Crippen LogP contribution is -2.40. The molecule has 0 spiro atoms. The van der Waals surface area contributed by atoms with E-state index in [1.807, 2.05) is 11.0 Å². The van der Waals surface area contributed by atoms with Gasteiger partial charge in [-0.2, -0.15) is 9.19 Å². The van der Waals surface area contributed by atoms with E-state index in [4.69, 9.17) is 4.74 Å². The van der Waals surface area contributed by atoms with Crippen molar-refractivity contribution in [2.45, 2.75) is 63.7 Å². The van der Waals surface area contributed by atoms with Crippen molar-refractivity contribution in [2.75, 3.05) is 36.9 Å². The van der Waals surface area contributed by atoms with Gasteiger partial charge in [-0.3, -0.25) is 4.79 Å². The molecule has 4 heterocycles. The SMILES string of the molecule is CC(C)Nc1cc(Nc2ccnc(-c3cnn(S(=O)(=O)C4CC4)c3)n2)ncc1C#CCCCCC(=O)N1CCOCC1. The van der Waals surface area contributed by atoms with Gasteiger partial charge in [-0.25, -0.2) is 23.4 Å². The summed E-state index contributed by atoms with van der Waals surface area (Å²) in [6.45, 7) is 6.70. The van der Waals surface area contributed by atoms with Gasteiger partial charge in [0.2, 0.25) is 5.91 Å². The van der Waals surface area contributed by atoms with Gasteiger partial charge in [-0.05, 0) is 45.6 Å². The molecular weight excluding hydrogens is 556 g/mol. The summed E-state index contributed by atoms with van der Waals surface area (Å²) in [5.41, 5.74) is 2.14. The van der Waals surface area contributed by atoms with Crippen molar-refractivity contribution in [3.8, 4) is 23.2 Å². The Morgan fingerprint density at radius 3 is 2.71 bits per heavy atom. The molecule has 2 N–H and O–H groups in total. The predicted molar refractivity (Wildman–Crippen MR) is 160 cm³/mol. The Morgan fingerprint density at radius 1 is 1.14 bits per heavy atom. The minimum absolute atomic E-state index is 0.182. The molecule has 222 valence electrons. The summed E-state index contributed by atoms with van der Waals surface area (Å²) in [7, 11) is -3.46. The number of hydrogen-bond donors (Lipinski definition) is 2. The highest BCUT2D eigenvalue weighted by molar-refractivity contribution is 7.90. The summed E-state index contributed by atoms with van der Waals surface area (Å²) in [4.78, 5) is 27.5. The van der Waals surface area contributed by atoms with Crippen LogP contribution < -0.4 is 10.6 Å². The Kier molecular flexibility index (Phi) is 9.34. The molecule has 1 saturated carbocycles. The molecule has 3 aromatic heterocycles. The molecule has 1 amide bonds. The number of amides is 1. The van der Waals surface area contributed by atoms with E-state index in [9.17, 15) is 13.2 Å². The highest BCUT2D eigenvalue weighted by Gasteiger charge is 2.37. The van der Waals surface area contributed by atoms with Gasteiger partial charge in [0, 0.05) is 50.4 Å². The average molecular weight is 593 g/mol. The van der Waals surface area contributed by atoms with Gasteiger partial charge in [-0.1, -0.05) is 11.8 Å². The fourth-order valence-corrected chi connectivity index (χ4v) is 5.92. The van der Waals surface area contributed by atoms with E-state index in [1.54, 1.807) is 18.5 Å². The van der Waals surface area contributed by atoms with E-state index >= 15 is 0 Å².